The molecule has 1 saturated heterocycles. The quantitative estimate of drug-likeness (QED) is 0.517. The average molecular weight is 468 g/mol. The minimum atomic E-state index is -0.215. The number of hydrogen-bond donors (Lipinski definition) is 1. The zero-order valence-electron chi connectivity index (χ0n) is 18.8. The number of furan rings is 1. The van der Waals surface area contributed by atoms with Gasteiger partial charge in [-0.05, 0) is 30.8 Å². The molecule has 2 aromatic heterocycles. The zero-order chi connectivity index (χ0) is 23.0. The standard InChI is InChI=1S/C24H29N5O3S/c1-2-27-12-14-28(15-13-27)22(30)10-11-29(17-20-9-6-16-32-20)23(31)21-18-33-24(26-21)25-19-7-4-3-5-8-19/h3-9,16,18H,2,10-15,17H2,1H3,(H,25,26). The van der Waals surface area contributed by atoms with Gasteiger partial charge in [0, 0.05) is 50.2 Å². The van der Waals surface area contributed by atoms with E-state index in [2.05, 4.69) is 22.1 Å². The highest BCUT2D eigenvalue weighted by Crippen LogP contribution is 2.22. The number of carbonyl (C=O) groups is 2. The molecule has 1 aliphatic rings. The molecule has 8 nitrogen and oxygen atoms in total. The van der Waals surface area contributed by atoms with Crippen LogP contribution in [-0.4, -0.2) is 70.8 Å². The van der Waals surface area contributed by atoms with Crippen molar-refractivity contribution in [3.8, 4) is 0 Å². The van der Waals surface area contributed by atoms with Crippen molar-refractivity contribution in [2.24, 2.45) is 0 Å². The number of likely N-dealkylation sites (N-methyl/N-ethyl adjacent to an activating group) is 1. The summed E-state index contributed by atoms with van der Waals surface area (Å²) >= 11 is 1.37. The van der Waals surface area contributed by atoms with Crippen molar-refractivity contribution >= 4 is 34.0 Å². The molecule has 0 radical (unpaired) electrons. The minimum absolute atomic E-state index is 0.0766. The Labute approximate surface area is 197 Å². The second kappa shape index (κ2) is 11.1. The monoisotopic (exact) mass is 467 g/mol. The van der Waals surface area contributed by atoms with Crippen LogP contribution in [0.25, 0.3) is 0 Å². The highest BCUT2D eigenvalue weighted by molar-refractivity contribution is 7.14. The lowest BCUT2D eigenvalue weighted by molar-refractivity contribution is -0.133. The molecule has 9 heteroatoms. The van der Waals surface area contributed by atoms with Gasteiger partial charge in [-0.1, -0.05) is 25.1 Å². The van der Waals surface area contributed by atoms with Crippen molar-refractivity contribution in [3.63, 3.8) is 0 Å². The van der Waals surface area contributed by atoms with E-state index >= 15 is 0 Å². The van der Waals surface area contributed by atoms with Crippen LogP contribution in [-0.2, 0) is 11.3 Å². The van der Waals surface area contributed by atoms with Gasteiger partial charge in [-0.15, -0.1) is 11.3 Å². The Bertz CT molecular complexity index is 1030. The Kier molecular flexibility index (Phi) is 7.74. The average Bonchev–Trinajstić information content (AvgIpc) is 3.54. The molecule has 1 fully saturated rings. The van der Waals surface area contributed by atoms with E-state index in [0.717, 1.165) is 38.4 Å². The van der Waals surface area contributed by atoms with Crippen molar-refractivity contribution < 1.29 is 14.0 Å². The Morgan fingerprint density at radius 3 is 2.61 bits per heavy atom. The lowest BCUT2D eigenvalue weighted by Crippen LogP contribution is -2.49. The van der Waals surface area contributed by atoms with Crippen molar-refractivity contribution in [3.05, 3.63) is 65.6 Å². The molecule has 0 spiro atoms. The first kappa shape index (κ1) is 23.0. The van der Waals surface area contributed by atoms with Gasteiger partial charge in [-0.3, -0.25) is 9.59 Å². The maximum absolute atomic E-state index is 13.3. The van der Waals surface area contributed by atoms with E-state index in [1.807, 2.05) is 41.3 Å². The summed E-state index contributed by atoms with van der Waals surface area (Å²) in [5, 5.41) is 5.61. The summed E-state index contributed by atoms with van der Waals surface area (Å²) in [6.45, 7) is 7.00. The Morgan fingerprint density at radius 2 is 1.91 bits per heavy atom. The fraction of sp³-hybridized carbons (Fsp3) is 0.375. The van der Waals surface area contributed by atoms with Gasteiger partial charge in [0.2, 0.25) is 5.91 Å². The third-order valence-corrected chi connectivity index (χ3v) is 6.49. The van der Waals surface area contributed by atoms with Gasteiger partial charge >= 0.3 is 0 Å². The third-order valence-electron chi connectivity index (χ3n) is 5.73. The number of nitrogens with one attached hydrogen (secondary N) is 1. The van der Waals surface area contributed by atoms with Crippen LogP contribution in [0.5, 0.6) is 0 Å². The van der Waals surface area contributed by atoms with Gasteiger partial charge < -0.3 is 24.4 Å². The van der Waals surface area contributed by atoms with Gasteiger partial charge in [0.15, 0.2) is 5.13 Å². The van der Waals surface area contributed by atoms with Crippen molar-refractivity contribution in [1.29, 1.82) is 0 Å². The number of carbonyl (C=O) groups excluding carboxylic acids is 2. The van der Waals surface area contributed by atoms with E-state index in [4.69, 9.17) is 4.42 Å². The van der Waals surface area contributed by atoms with Gasteiger partial charge in [0.25, 0.3) is 5.91 Å². The largest absolute Gasteiger partial charge is 0.467 e. The fourth-order valence-electron chi connectivity index (χ4n) is 3.78. The van der Waals surface area contributed by atoms with Crippen LogP contribution < -0.4 is 5.32 Å². The first-order valence-electron chi connectivity index (χ1n) is 11.2. The number of hydrogen-bond acceptors (Lipinski definition) is 7. The molecule has 0 aliphatic carbocycles. The molecule has 3 heterocycles. The first-order chi connectivity index (χ1) is 16.1. The van der Waals surface area contributed by atoms with Gasteiger partial charge in [-0.2, -0.15) is 0 Å². The van der Waals surface area contributed by atoms with Crippen molar-refractivity contribution in [1.82, 2.24) is 19.7 Å². The van der Waals surface area contributed by atoms with Crippen LogP contribution in [0.1, 0.15) is 29.6 Å². The number of para-hydroxylation sites is 1. The van der Waals surface area contributed by atoms with Crippen molar-refractivity contribution in [2.75, 3.05) is 44.6 Å². The smallest absolute Gasteiger partial charge is 0.273 e. The van der Waals surface area contributed by atoms with Crippen LogP contribution in [0, 0.1) is 0 Å². The molecule has 0 unspecified atom stereocenters. The molecule has 1 aliphatic heterocycles. The number of anilines is 2. The maximum Gasteiger partial charge on any atom is 0.273 e. The Balaban J connectivity index is 1.40. The molecule has 0 bridgehead atoms. The van der Waals surface area contributed by atoms with Crippen LogP contribution in [0.15, 0.2) is 58.5 Å². The van der Waals surface area contributed by atoms with E-state index in [0.29, 0.717) is 29.7 Å². The highest BCUT2D eigenvalue weighted by Gasteiger charge is 2.24. The molecular weight excluding hydrogens is 438 g/mol. The molecule has 0 saturated carbocycles. The van der Waals surface area contributed by atoms with E-state index in [9.17, 15) is 9.59 Å². The SMILES string of the molecule is CCN1CCN(C(=O)CCN(Cc2ccco2)C(=O)c2csc(Nc3ccccc3)n2)CC1. The first-order valence-corrected chi connectivity index (χ1v) is 12.1. The molecule has 4 rings (SSSR count). The number of nitrogens with zero attached hydrogens (tertiary/aromatic N) is 4. The molecule has 1 N–H and O–H groups in total. The highest BCUT2D eigenvalue weighted by atomic mass is 32.1. The van der Waals surface area contributed by atoms with E-state index in [-0.39, 0.29) is 18.2 Å². The Hall–Kier alpha value is -3.17. The van der Waals surface area contributed by atoms with Gasteiger partial charge in [0.05, 0.1) is 12.8 Å². The third kappa shape index (κ3) is 6.21. The second-order valence-corrected chi connectivity index (χ2v) is 8.76. The molecular formula is C24H29N5O3S. The molecule has 0 atom stereocenters. The van der Waals surface area contributed by atoms with Crippen molar-refractivity contribution in [2.45, 2.75) is 19.9 Å². The topological polar surface area (TPSA) is 81.9 Å². The number of benzene rings is 1. The number of amides is 2. The van der Waals surface area contributed by atoms with Crippen LogP contribution >= 0.6 is 11.3 Å². The van der Waals surface area contributed by atoms with E-state index < -0.39 is 0 Å². The van der Waals surface area contributed by atoms with E-state index in [1.165, 1.54) is 11.3 Å². The molecule has 33 heavy (non-hydrogen) atoms. The van der Waals surface area contributed by atoms with Crippen LogP contribution in [0.4, 0.5) is 10.8 Å². The molecule has 2 amide bonds. The molecule has 1 aromatic carbocycles. The maximum atomic E-state index is 13.3. The lowest BCUT2D eigenvalue weighted by Gasteiger charge is -2.34. The fourth-order valence-corrected chi connectivity index (χ4v) is 4.49. The molecule has 3 aromatic rings. The van der Waals surface area contributed by atoms with Crippen LogP contribution in [0.3, 0.4) is 0 Å². The zero-order valence-corrected chi connectivity index (χ0v) is 19.6. The van der Waals surface area contributed by atoms with Gasteiger partial charge in [0.1, 0.15) is 11.5 Å². The normalized spacial score (nSPS) is 14.3. The summed E-state index contributed by atoms with van der Waals surface area (Å²) in [6, 6.07) is 13.3. The number of aromatic nitrogens is 1. The summed E-state index contributed by atoms with van der Waals surface area (Å²) in [7, 11) is 0. The summed E-state index contributed by atoms with van der Waals surface area (Å²) in [5.74, 6) is 0.533. The Morgan fingerprint density at radius 1 is 1.12 bits per heavy atom. The summed E-state index contributed by atoms with van der Waals surface area (Å²) in [4.78, 5) is 36.4. The summed E-state index contributed by atoms with van der Waals surface area (Å²) < 4.78 is 5.46. The number of rotatable bonds is 9. The predicted molar refractivity (Wildman–Crippen MR) is 129 cm³/mol. The summed E-state index contributed by atoms with van der Waals surface area (Å²) in [5.41, 5.74) is 1.26. The minimum Gasteiger partial charge on any atom is -0.467 e. The molecule has 174 valence electrons. The second-order valence-electron chi connectivity index (χ2n) is 7.90. The van der Waals surface area contributed by atoms with Gasteiger partial charge in [-0.25, -0.2) is 4.98 Å². The van der Waals surface area contributed by atoms with Crippen LogP contribution in [0.2, 0.25) is 0 Å². The van der Waals surface area contributed by atoms with E-state index in [1.54, 1.807) is 22.6 Å². The number of thiazole rings is 1. The number of piperazine rings is 1. The summed E-state index contributed by atoms with van der Waals surface area (Å²) in [6.07, 6.45) is 1.86. The lowest BCUT2D eigenvalue weighted by atomic mass is 10.2. The predicted octanol–water partition coefficient (Wildman–Crippen LogP) is 3.68.